The van der Waals surface area contributed by atoms with Crippen LogP contribution in [-0.2, 0) is 15.8 Å². The highest BCUT2D eigenvalue weighted by atomic mass is 32.2. The summed E-state index contributed by atoms with van der Waals surface area (Å²) >= 11 is 0. The molecule has 24 heavy (non-hydrogen) atoms. The van der Waals surface area contributed by atoms with E-state index in [1.807, 2.05) is 0 Å². The fraction of sp³-hybridized carbons (Fsp3) is 0.733. The number of nitrogens with one attached hydrogen (secondary N) is 2. The minimum Gasteiger partial charge on any atom is -0.370 e. The molecule has 0 saturated heterocycles. The molecule has 1 heterocycles. The lowest BCUT2D eigenvalue weighted by atomic mass is 10.1. The highest BCUT2D eigenvalue weighted by molar-refractivity contribution is 7.88. The van der Waals surface area contributed by atoms with Gasteiger partial charge in [-0.2, -0.15) is 0 Å². The SMILES string of the molecule is CCCCCCCCN=C(N)NCCNS(=O)(=O)Cc1ccon1. The van der Waals surface area contributed by atoms with E-state index >= 15 is 0 Å². The number of aromatic nitrogens is 1. The first-order chi connectivity index (χ1) is 11.5. The maximum Gasteiger partial charge on any atom is 0.217 e. The lowest BCUT2D eigenvalue weighted by Crippen LogP contribution is -2.38. The van der Waals surface area contributed by atoms with E-state index in [0.717, 1.165) is 6.42 Å². The second-order valence-electron chi connectivity index (χ2n) is 5.61. The van der Waals surface area contributed by atoms with Gasteiger partial charge in [0.25, 0.3) is 0 Å². The lowest BCUT2D eigenvalue weighted by molar-refractivity contribution is 0.413. The molecule has 0 radical (unpaired) electrons. The molecular weight excluding hydrogens is 330 g/mol. The van der Waals surface area contributed by atoms with Crippen molar-refractivity contribution in [2.24, 2.45) is 10.7 Å². The Morgan fingerprint density at radius 1 is 1.25 bits per heavy atom. The number of aliphatic imine (C=N–C) groups is 1. The predicted molar refractivity (Wildman–Crippen MR) is 95.0 cm³/mol. The summed E-state index contributed by atoms with van der Waals surface area (Å²) in [5.74, 6) is 0.143. The van der Waals surface area contributed by atoms with E-state index in [1.54, 1.807) is 0 Å². The highest BCUT2D eigenvalue weighted by Gasteiger charge is 2.12. The van der Waals surface area contributed by atoms with Crippen LogP contribution in [0, 0.1) is 0 Å². The van der Waals surface area contributed by atoms with Crippen molar-refractivity contribution in [1.29, 1.82) is 0 Å². The summed E-state index contributed by atoms with van der Waals surface area (Å²) < 4.78 is 30.6. The molecule has 1 rings (SSSR count). The minimum atomic E-state index is -3.43. The summed E-state index contributed by atoms with van der Waals surface area (Å²) in [4.78, 5) is 4.22. The van der Waals surface area contributed by atoms with Crippen molar-refractivity contribution in [1.82, 2.24) is 15.2 Å². The van der Waals surface area contributed by atoms with Crippen LogP contribution in [-0.4, -0.2) is 39.2 Å². The molecule has 0 aromatic carbocycles. The van der Waals surface area contributed by atoms with Gasteiger partial charge >= 0.3 is 0 Å². The van der Waals surface area contributed by atoms with Gasteiger partial charge in [-0.25, -0.2) is 13.1 Å². The third kappa shape index (κ3) is 10.2. The molecule has 1 aromatic heterocycles. The number of rotatable bonds is 13. The van der Waals surface area contributed by atoms with E-state index in [2.05, 4.69) is 31.6 Å². The highest BCUT2D eigenvalue weighted by Crippen LogP contribution is 2.04. The van der Waals surface area contributed by atoms with Crippen LogP contribution < -0.4 is 15.8 Å². The number of hydrogen-bond donors (Lipinski definition) is 3. The molecule has 8 nitrogen and oxygen atoms in total. The van der Waals surface area contributed by atoms with Gasteiger partial charge in [0.05, 0.1) is 5.69 Å². The van der Waals surface area contributed by atoms with Gasteiger partial charge in [-0.1, -0.05) is 44.2 Å². The van der Waals surface area contributed by atoms with Crippen LogP contribution in [0.3, 0.4) is 0 Å². The standard InChI is InChI=1S/C15H29N5O3S/c1-2-3-4-5-6-7-9-17-15(16)18-10-11-19-24(21,22)13-14-8-12-23-20-14/h8,12,19H,2-7,9-11,13H2,1H3,(H3,16,17,18). The number of nitrogens with two attached hydrogens (primary N) is 1. The molecule has 0 aliphatic heterocycles. The zero-order valence-electron chi connectivity index (χ0n) is 14.3. The van der Waals surface area contributed by atoms with Crippen molar-refractivity contribution in [2.45, 2.75) is 51.2 Å². The average Bonchev–Trinajstić information content (AvgIpc) is 3.03. The van der Waals surface area contributed by atoms with E-state index in [4.69, 9.17) is 5.73 Å². The molecule has 0 aliphatic rings. The van der Waals surface area contributed by atoms with Crippen molar-refractivity contribution in [3.8, 4) is 0 Å². The van der Waals surface area contributed by atoms with Gasteiger partial charge in [-0.3, -0.25) is 4.99 Å². The van der Waals surface area contributed by atoms with Gasteiger partial charge in [0, 0.05) is 25.7 Å². The Labute approximate surface area is 144 Å². The molecular formula is C15H29N5O3S. The second kappa shape index (κ2) is 11.9. The fourth-order valence-corrected chi connectivity index (χ4v) is 3.16. The van der Waals surface area contributed by atoms with Crippen LogP contribution >= 0.6 is 0 Å². The maximum absolute atomic E-state index is 11.8. The number of guanidine groups is 1. The lowest BCUT2D eigenvalue weighted by Gasteiger charge is -2.07. The molecule has 138 valence electrons. The van der Waals surface area contributed by atoms with Crippen molar-refractivity contribution < 1.29 is 12.9 Å². The quantitative estimate of drug-likeness (QED) is 0.278. The van der Waals surface area contributed by atoms with Crippen molar-refractivity contribution >= 4 is 16.0 Å². The first-order valence-electron chi connectivity index (χ1n) is 8.44. The summed E-state index contributed by atoms with van der Waals surface area (Å²) in [6.45, 7) is 3.51. The summed E-state index contributed by atoms with van der Waals surface area (Å²) in [6.07, 6.45) is 8.59. The van der Waals surface area contributed by atoms with Gasteiger partial charge < -0.3 is 15.6 Å². The van der Waals surface area contributed by atoms with Crippen LogP contribution in [0.2, 0.25) is 0 Å². The third-order valence-corrected chi connectivity index (χ3v) is 4.70. The van der Waals surface area contributed by atoms with E-state index in [0.29, 0.717) is 24.7 Å². The van der Waals surface area contributed by atoms with Gasteiger partial charge in [0.2, 0.25) is 10.0 Å². The zero-order chi connectivity index (χ0) is 17.7. The molecule has 0 amide bonds. The normalized spacial score (nSPS) is 12.5. The van der Waals surface area contributed by atoms with Crippen molar-refractivity contribution in [3.05, 3.63) is 18.0 Å². The van der Waals surface area contributed by atoms with E-state index < -0.39 is 10.0 Å². The second-order valence-corrected chi connectivity index (χ2v) is 7.41. The largest absolute Gasteiger partial charge is 0.370 e. The Balaban J connectivity index is 2.07. The molecule has 0 spiro atoms. The molecule has 9 heteroatoms. The van der Waals surface area contributed by atoms with Gasteiger partial charge in [-0.05, 0) is 6.42 Å². The van der Waals surface area contributed by atoms with E-state index in [-0.39, 0.29) is 12.3 Å². The first-order valence-corrected chi connectivity index (χ1v) is 10.1. The topological polar surface area (TPSA) is 123 Å². The minimum absolute atomic E-state index is 0.203. The molecule has 1 aromatic rings. The molecule has 0 saturated carbocycles. The van der Waals surface area contributed by atoms with Crippen LogP contribution in [0.15, 0.2) is 21.8 Å². The Hall–Kier alpha value is -1.61. The molecule has 0 aliphatic carbocycles. The Kier molecular flexibility index (Phi) is 10.1. The molecule has 4 N–H and O–H groups in total. The number of nitrogens with zero attached hydrogens (tertiary/aromatic N) is 2. The summed E-state index contributed by atoms with van der Waals surface area (Å²) in [7, 11) is -3.43. The van der Waals surface area contributed by atoms with Crippen LogP contribution in [0.1, 0.15) is 51.1 Å². The molecule has 0 bridgehead atoms. The van der Waals surface area contributed by atoms with Crippen LogP contribution in [0.4, 0.5) is 0 Å². The number of hydrogen-bond acceptors (Lipinski definition) is 5. The monoisotopic (exact) mass is 359 g/mol. The Bertz CT molecular complexity index is 558. The van der Waals surface area contributed by atoms with Crippen molar-refractivity contribution in [3.63, 3.8) is 0 Å². The maximum atomic E-state index is 11.8. The zero-order valence-corrected chi connectivity index (χ0v) is 15.1. The Morgan fingerprint density at radius 2 is 2.00 bits per heavy atom. The summed E-state index contributed by atoms with van der Waals surface area (Å²) in [6, 6.07) is 1.52. The Morgan fingerprint density at radius 3 is 2.71 bits per heavy atom. The van der Waals surface area contributed by atoms with Gasteiger partial charge in [-0.15, -0.1) is 0 Å². The third-order valence-electron chi connectivity index (χ3n) is 3.38. The molecule has 0 fully saturated rings. The smallest absolute Gasteiger partial charge is 0.217 e. The van der Waals surface area contributed by atoms with E-state index in [9.17, 15) is 8.42 Å². The fourth-order valence-electron chi connectivity index (χ4n) is 2.10. The van der Waals surface area contributed by atoms with Crippen LogP contribution in [0.25, 0.3) is 0 Å². The van der Waals surface area contributed by atoms with E-state index in [1.165, 1.54) is 44.4 Å². The van der Waals surface area contributed by atoms with Gasteiger partial charge in [0.1, 0.15) is 12.0 Å². The summed E-state index contributed by atoms with van der Waals surface area (Å²) in [5, 5.41) is 6.47. The number of unbranched alkanes of at least 4 members (excludes halogenated alkanes) is 5. The average molecular weight is 359 g/mol. The first kappa shape index (κ1) is 20.4. The molecule has 0 unspecified atom stereocenters. The number of sulfonamides is 1. The predicted octanol–water partition coefficient (Wildman–Crippen LogP) is 1.36. The van der Waals surface area contributed by atoms with Crippen molar-refractivity contribution in [2.75, 3.05) is 19.6 Å². The van der Waals surface area contributed by atoms with Gasteiger partial charge in [0.15, 0.2) is 5.96 Å². The molecule has 0 atom stereocenters. The summed E-state index contributed by atoms with van der Waals surface area (Å²) in [5.41, 5.74) is 6.11. The van der Waals surface area contributed by atoms with Crippen LogP contribution in [0.5, 0.6) is 0 Å².